The molecule has 0 unspecified atom stereocenters. The number of carbonyl (C=O) groups excluding carboxylic acids is 3. The lowest BCUT2D eigenvalue weighted by molar-refractivity contribution is -0.147. The molecular formula is C22H26N2O4. The van der Waals surface area contributed by atoms with E-state index in [-0.39, 0.29) is 18.6 Å². The molecule has 2 N–H and O–H groups in total. The van der Waals surface area contributed by atoms with E-state index in [2.05, 4.69) is 10.6 Å². The number of nitrogens with one attached hydrogen (secondary N) is 2. The monoisotopic (exact) mass is 382 g/mol. The van der Waals surface area contributed by atoms with Crippen LogP contribution < -0.4 is 10.6 Å². The van der Waals surface area contributed by atoms with Gasteiger partial charge in [0.05, 0.1) is 17.3 Å². The normalized spacial score (nSPS) is 11.4. The van der Waals surface area contributed by atoms with E-state index >= 15 is 0 Å². The highest BCUT2D eigenvalue weighted by Crippen LogP contribution is 2.18. The molecule has 0 aliphatic carbocycles. The van der Waals surface area contributed by atoms with Gasteiger partial charge in [-0.05, 0) is 31.0 Å². The molecule has 0 radical (unpaired) electrons. The fraction of sp³-hybridized carbons (Fsp3) is 0.318. The van der Waals surface area contributed by atoms with Crippen LogP contribution in [0.3, 0.4) is 0 Å². The first-order valence-corrected chi connectivity index (χ1v) is 9.41. The third-order valence-electron chi connectivity index (χ3n) is 4.19. The lowest BCUT2D eigenvalue weighted by Crippen LogP contribution is -2.28. The number of para-hydroxylation sites is 1. The number of rotatable bonds is 9. The van der Waals surface area contributed by atoms with E-state index in [1.807, 2.05) is 44.2 Å². The molecule has 28 heavy (non-hydrogen) atoms. The first-order valence-electron chi connectivity index (χ1n) is 9.41. The molecule has 0 spiro atoms. The van der Waals surface area contributed by atoms with Gasteiger partial charge in [-0.2, -0.15) is 0 Å². The zero-order valence-corrected chi connectivity index (χ0v) is 16.2. The largest absolute Gasteiger partial charge is 0.456 e. The molecule has 6 heteroatoms. The Morgan fingerprint density at radius 3 is 2.39 bits per heavy atom. The Labute approximate surface area is 165 Å². The molecule has 2 rings (SSSR count). The fourth-order valence-corrected chi connectivity index (χ4v) is 2.62. The van der Waals surface area contributed by atoms with Crippen LogP contribution in [-0.4, -0.2) is 24.4 Å². The maximum atomic E-state index is 12.7. The summed E-state index contributed by atoms with van der Waals surface area (Å²) in [7, 11) is 0. The number of benzene rings is 2. The predicted molar refractivity (Wildman–Crippen MR) is 108 cm³/mol. The van der Waals surface area contributed by atoms with E-state index in [1.165, 1.54) is 0 Å². The van der Waals surface area contributed by atoms with Crippen LogP contribution in [0.25, 0.3) is 0 Å². The quantitative estimate of drug-likeness (QED) is 0.645. The lowest BCUT2D eigenvalue weighted by Gasteiger charge is -2.16. The molecule has 2 aromatic carbocycles. The van der Waals surface area contributed by atoms with Crippen molar-refractivity contribution in [1.82, 2.24) is 5.32 Å². The van der Waals surface area contributed by atoms with Crippen LogP contribution in [0.4, 0.5) is 5.69 Å². The summed E-state index contributed by atoms with van der Waals surface area (Å²) >= 11 is 0. The van der Waals surface area contributed by atoms with Gasteiger partial charge in [-0.3, -0.25) is 14.4 Å². The van der Waals surface area contributed by atoms with E-state index in [0.717, 1.165) is 18.4 Å². The minimum absolute atomic E-state index is 0.183. The van der Waals surface area contributed by atoms with Crippen LogP contribution in [0.2, 0.25) is 0 Å². The second-order valence-electron chi connectivity index (χ2n) is 6.46. The standard InChI is InChI=1S/C22H26N2O4/c1-3-4-14-21(26)28-15-20(25)24-19-13-9-8-12-18(19)22(27)23-16(2)17-10-6-5-7-11-17/h5-13,16H,3-4,14-15H2,1-2H3,(H,23,27)(H,24,25)/t16-/m1/s1. The summed E-state index contributed by atoms with van der Waals surface area (Å²) in [6, 6.07) is 16.1. The van der Waals surface area contributed by atoms with Gasteiger partial charge in [0.15, 0.2) is 6.61 Å². The van der Waals surface area contributed by atoms with E-state index in [9.17, 15) is 14.4 Å². The Morgan fingerprint density at radius 1 is 1.00 bits per heavy atom. The Hall–Kier alpha value is -3.15. The van der Waals surface area contributed by atoms with Crippen molar-refractivity contribution >= 4 is 23.5 Å². The average molecular weight is 382 g/mol. The highest BCUT2D eigenvalue weighted by Gasteiger charge is 2.16. The van der Waals surface area contributed by atoms with Gasteiger partial charge in [0.25, 0.3) is 11.8 Å². The van der Waals surface area contributed by atoms with Crippen molar-refractivity contribution in [2.75, 3.05) is 11.9 Å². The van der Waals surface area contributed by atoms with E-state index in [1.54, 1.807) is 24.3 Å². The lowest BCUT2D eigenvalue weighted by atomic mass is 10.1. The predicted octanol–water partition coefficient (Wildman–Crippen LogP) is 3.85. The van der Waals surface area contributed by atoms with Gasteiger partial charge >= 0.3 is 5.97 Å². The first-order chi connectivity index (χ1) is 13.5. The molecule has 0 saturated heterocycles. The molecule has 2 amide bonds. The molecule has 1 atom stereocenters. The highest BCUT2D eigenvalue weighted by atomic mass is 16.5. The van der Waals surface area contributed by atoms with Crippen molar-refractivity contribution in [3.05, 3.63) is 65.7 Å². The van der Waals surface area contributed by atoms with Crippen LogP contribution in [0.5, 0.6) is 0 Å². The van der Waals surface area contributed by atoms with Crippen molar-refractivity contribution in [1.29, 1.82) is 0 Å². The summed E-state index contributed by atoms with van der Waals surface area (Å²) in [5, 5.41) is 5.56. The number of anilines is 1. The van der Waals surface area contributed by atoms with Crippen molar-refractivity contribution in [3.8, 4) is 0 Å². The van der Waals surface area contributed by atoms with E-state index in [0.29, 0.717) is 17.7 Å². The third-order valence-corrected chi connectivity index (χ3v) is 4.19. The molecule has 2 aromatic rings. The Kier molecular flexibility index (Phi) is 8.21. The summed E-state index contributed by atoms with van der Waals surface area (Å²) in [6.45, 7) is 3.49. The average Bonchev–Trinajstić information content (AvgIpc) is 2.71. The fourth-order valence-electron chi connectivity index (χ4n) is 2.62. The molecule has 0 heterocycles. The smallest absolute Gasteiger partial charge is 0.306 e. The number of unbranched alkanes of at least 4 members (excludes halogenated alkanes) is 1. The molecular weight excluding hydrogens is 356 g/mol. The van der Waals surface area contributed by atoms with Gasteiger partial charge in [-0.15, -0.1) is 0 Å². The van der Waals surface area contributed by atoms with Gasteiger partial charge in [0.1, 0.15) is 0 Å². The maximum absolute atomic E-state index is 12.7. The number of ether oxygens (including phenoxy) is 1. The van der Waals surface area contributed by atoms with Gasteiger partial charge in [-0.1, -0.05) is 55.8 Å². The molecule has 6 nitrogen and oxygen atoms in total. The second kappa shape index (κ2) is 10.9. The summed E-state index contributed by atoms with van der Waals surface area (Å²) < 4.78 is 4.95. The summed E-state index contributed by atoms with van der Waals surface area (Å²) in [6.07, 6.45) is 1.90. The van der Waals surface area contributed by atoms with Gasteiger partial charge in [-0.25, -0.2) is 0 Å². The topological polar surface area (TPSA) is 84.5 Å². The van der Waals surface area contributed by atoms with Gasteiger partial charge in [0.2, 0.25) is 0 Å². The van der Waals surface area contributed by atoms with Crippen LogP contribution in [0.1, 0.15) is 55.1 Å². The number of amides is 2. The summed E-state index contributed by atoms with van der Waals surface area (Å²) in [5.74, 6) is -1.19. The van der Waals surface area contributed by atoms with E-state index < -0.39 is 11.9 Å². The van der Waals surface area contributed by atoms with Crippen molar-refractivity contribution < 1.29 is 19.1 Å². The minimum Gasteiger partial charge on any atom is -0.456 e. The number of hydrogen-bond acceptors (Lipinski definition) is 4. The Bertz CT molecular complexity index is 805. The van der Waals surface area contributed by atoms with Crippen LogP contribution >= 0.6 is 0 Å². The Balaban J connectivity index is 1.97. The number of hydrogen-bond donors (Lipinski definition) is 2. The molecule has 0 aliphatic rings. The van der Waals surface area contributed by atoms with Gasteiger partial charge < -0.3 is 15.4 Å². The molecule has 0 aliphatic heterocycles. The molecule has 148 valence electrons. The van der Waals surface area contributed by atoms with Crippen molar-refractivity contribution in [3.63, 3.8) is 0 Å². The zero-order chi connectivity index (χ0) is 20.4. The summed E-state index contributed by atoms with van der Waals surface area (Å²) in [5.41, 5.74) is 1.70. The van der Waals surface area contributed by atoms with Crippen LogP contribution in [0.15, 0.2) is 54.6 Å². The summed E-state index contributed by atoms with van der Waals surface area (Å²) in [4.78, 5) is 36.3. The van der Waals surface area contributed by atoms with Crippen molar-refractivity contribution in [2.45, 2.75) is 39.2 Å². The molecule has 0 bridgehead atoms. The number of esters is 1. The highest BCUT2D eigenvalue weighted by molar-refractivity contribution is 6.04. The van der Waals surface area contributed by atoms with E-state index in [4.69, 9.17) is 4.74 Å². The molecule has 0 saturated carbocycles. The minimum atomic E-state index is -0.485. The second-order valence-corrected chi connectivity index (χ2v) is 6.46. The van der Waals surface area contributed by atoms with Crippen LogP contribution in [-0.2, 0) is 14.3 Å². The van der Waals surface area contributed by atoms with Crippen LogP contribution in [0, 0.1) is 0 Å². The van der Waals surface area contributed by atoms with Gasteiger partial charge in [0, 0.05) is 6.42 Å². The Morgan fingerprint density at radius 2 is 1.68 bits per heavy atom. The zero-order valence-electron chi connectivity index (χ0n) is 16.2. The maximum Gasteiger partial charge on any atom is 0.306 e. The van der Waals surface area contributed by atoms with Crippen molar-refractivity contribution in [2.24, 2.45) is 0 Å². The molecule has 0 aromatic heterocycles. The SMILES string of the molecule is CCCCC(=O)OCC(=O)Nc1ccccc1C(=O)N[C@H](C)c1ccccc1. The first kappa shape index (κ1) is 21.2. The molecule has 0 fully saturated rings. The third kappa shape index (κ3) is 6.54. The number of carbonyl (C=O) groups is 3.